The molecule has 5 heteroatoms. The maximum Gasteiger partial charge on any atom is 0.254 e. The Balaban J connectivity index is 2.59. The van der Waals surface area contributed by atoms with Gasteiger partial charge in [0.2, 0.25) is 0 Å². The number of hydrogen-bond donors (Lipinski definition) is 2. The van der Waals surface area contributed by atoms with E-state index in [2.05, 4.69) is 9.69 Å². The van der Waals surface area contributed by atoms with Gasteiger partial charge in [-0.25, -0.2) is 0 Å². The van der Waals surface area contributed by atoms with Crippen LogP contribution in [-0.2, 0) is 0 Å². The third kappa shape index (κ3) is 2.02. The summed E-state index contributed by atoms with van der Waals surface area (Å²) in [5.74, 6) is -0.171. The molecule has 0 aliphatic heterocycles. The predicted molar refractivity (Wildman–Crippen MR) is 46.3 cm³/mol. The van der Waals surface area contributed by atoms with Gasteiger partial charge in [-0.3, -0.25) is 4.79 Å². The van der Waals surface area contributed by atoms with Crippen molar-refractivity contribution in [3.8, 4) is 0 Å². The minimum absolute atomic E-state index is 0.0393. The number of carbonyl (C=O) groups is 1. The Hall–Kier alpha value is -0.940. The fourth-order valence-corrected chi connectivity index (χ4v) is 1.47. The van der Waals surface area contributed by atoms with E-state index in [1.807, 2.05) is 0 Å². The number of hydrogen-bond acceptors (Lipinski definition) is 4. The van der Waals surface area contributed by atoms with E-state index in [1.54, 1.807) is 12.3 Å². The molecule has 0 saturated carbocycles. The van der Waals surface area contributed by atoms with E-state index in [1.165, 1.54) is 11.5 Å². The molecule has 1 heterocycles. The second-order valence-corrected chi connectivity index (χ2v) is 2.92. The van der Waals surface area contributed by atoms with Crippen molar-refractivity contribution in [1.29, 1.82) is 0 Å². The lowest BCUT2D eigenvalue weighted by atomic mass is 10.2. The van der Waals surface area contributed by atoms with Crippen LogP contribution in [0.15, 0.2) is 5.38 Å². The van der Waals surface area contributed by atoms with Gasteiger partial charge in [-0.2, -0.15) is 4.37 Å². The van der Waals surface area contributed by atoms with E-state index in [0.717, 1.165) is 5.69 Å². The smallest absolute Gasteiger partial charge is 0.254 e. The molecule has 0 aliphatic carbocycles. The first-order valence-electron chi connectivity index (χ1n) is 3.55. The van der Waals surface area contributed by atoms with Crippen LogP contribution in [0, 0.1) is 6.92 Å². The summed E-state index contributed by atoms with van der Waals surface area (Å²) in [6.45, 7) is 2.03. The summed E-state index contributed by atoms with van der Waals surface area (Å²) in [5.41, 5.74) is 1.32. The first kappa shape index (κ1) is 9.15. The number of aryl methyl sites for hydroxylation is 1. The van der Waals surface area contributed by atoms with Crippen LogP contribution >= 0.6 is 11.5 Å². The predicted octanol–water partition coefficient (Wildman–Crippen LogP) is 0.174. The fraction of sp³-hybridized carbons (Fsp3) is 0.429. The zero-order chi connectivity index (χ0) is 8.97. The van der Waals surface area contributed by atoms with E-state index in [0.29, 0.717) is 5.56 Å². The maximum absolute atomic E-state index is 11.2. The molecule has 1 rings (SSSR count). The number of nitrogens with zero attached hydrogens (tertiary/aromatic N) is 1. The Morgan fingerprint density at radius 1 is 1.83 bits per heavy atom. The van der Waals surface area contributed by atoms with Crippen molar-refractivity contribution < 1.29 is 9.90 Å². The molecule has 0 aliphatic rings. The lowest BCUT2D eigenvalue weighted by molar-refractivity contribution is 0.0944. The van der Waals surface area contributed by atoms with Gasteiger partial charge < -0.3 is 10.4 Å². The van der Waals surface area contributed by atoms with E-state index < -0.39 is 0 Å². The Morgan fingerprint density at radius 2 is 2.58 bits per heavy atom. The van der Waals surface area contributed by atoms with Crippen molar-refractivity contribution in [3.05, 3.63) is 16.6 Å². The monoisotopic (exact) mass is 186 g/mol. The molecule has 0 radical (unpaired) electrons. The highest BCUT2D eigenvalue weighted by molar-refractivity contribution is 7.03. The van der Waals surface area contributed by atoms with Crippen LogP contribution in [0.2, 0.25) is 0 Å². The summed E-state index contributed by atoms with van der Waals surface area (Å²) in [4.78, 5) is 11.2. The fourth-order valence-electron chi connectivity index (χ4n) is 0.775. The topological polar surface area (TPSA) is 62.2 Å². The summed E-state index contributed by atoms with van der Waals surface area (Å²) < 4.78 is 3.96. The molecule has 4 nitrogen and oxygen atoms in total. The van der Waals surface area contributed by atoms with Gasteiger partial charge in [-0.1, -0.05) is 0 Å². The summed E-state index contributed by atoms with van der Waals surface area (Å²) in [7, 11) is 0. The summed E-state index contributed by atoms with van der Waals surface area (Å²) in [5, 5.41) is 12.7. The zero-order valence-corrected chi connectivity index (χ0v) is 7.52. The largest absolute Gasteiger partial charge is 0.395 e. The average molecular weight is 186 g/mol. The molecular formula is C7H10N2O2S. The summed E-state index contributed by atoms with van der Waals surface area (Å²) in [6, 6.07) is 0. The minimum atomic E-state index is -0.171. The van der Waals surface area contributed by atoms with Crippen LogP contribution in [0.1, 0.15) is 16.1 Å². The Labute approximate surface area is 74.4 Å². The number of nitrogens with one attached hydrogen (secondary N) is 1. The molecule has 1 amide bonds. The molecule has 0 bridgehead atoms. The second-order valence-electron chi connectivity index (χ2n) is 2.29. The zero-order valence-electron chi connectivity index (χ0n) is 6.70. The highest BCUT2D eigenvalue weighted by atomic mass is 32.1. The van der Waals surface area contributed by atoms with Crippen molar-refractivity contribution in [1.82, 2.24) is 9.69 Å². The lowest BCUT2D eigenvalue weighted by Crippen LogP contribution is -2.26. The maximum atomic E-state index is 11.2. The van der Waals surface area contributed by atoms with Crippen LogP contribution in [-0.4, -0.2) is 28.5 Å². The van der Waals surface area contributed by atoms with E-state index in [4.69, 9.17) is 5.11 Å². The molecule has 1 aromatic rings. The molecule has 0 spiro atoms. The van der Waals surface area contributed by atoms with Gasteiger partial charge in [-0.15, -0.1) is 0 Å². The number of carbonyl (C=O) groups excluding carboxylic acids is 1. The van der Waals surface area contributed by atoms with Crippen molar-refractivity contribution in [2.24, 2.45) is 0 Å². The van der Waals surface area contributed by atoms with Gasteiger partial charge in [0.1, 0.15) is 0 Å². The van der Waals surface area contributed by atoms with Crippen molar-refractivity contribution in [2.45, 2.75) is 6.92 Å². The van der Waals surface area contributed by atoms with Crippen molar-refractivity contribution >= 4 is 17.4 Å². The van der Waals surface area contributed by atoms with Crippen LogP contribution in [0.25, 0.3) is 0 Å². The number of amides is 1. The highest BCUT2D eigenvalue weighted by Crippen LogP contribution is 2.08. The number of aromatic nitrogens is 1. The highest BCUT2D eigenvalue weighted by Gasteiger charge is 2.09. The van der Waals surface area contributed by atoms with Gasteiger partial charge in [0.05, 0.1) is 17.9 Å². The Morgan fingerprint density at radius 3 is 3.08 bits per heavy atom. The molecule has 0 atom stereocenters. The van der Waals surface area contributed by atoms with E-state index >= 15 is 0 Å². The van der Waals surface area contributed by atoms with E-state index in [9.17, 15) is 4.79 Å². The van der Waals surface area contributed by atoms with Crippen molar-refractivity contribution in [3.63, 3.8) is 0 Å². The number of rotatable bonds is 3. The minimum Gasteiger partial charge on any atom is -0.395 e. The van der Waals surface area contributed by atoms with Crippen LogP contribution in [0.3, 0.4) is 0 Å². The quantitative estimate of drug-likeness (QED) is 0.707. The summed E-state index contributed by atoms with van der Waals surface area (Å²) >= 11 is 1.25. The van der Waals surface area contributed by atoms with Crippen LogP contribution in [0.5, 0.6) is 0 Å². The van der Waals surface area contributed by atoms with Gasteiger partial charge in [-0.05, 0) is 18.5 Å². The molecule has 0 unspecified atom stereocenters. The molecular weight excluding hydrogens is 176 g/mol. The average Bonchev–Trinajstić information content (AvgIpc) is 2.47. The molecule has 66 valence electrons. The first-order valence-corrected chi connectivity index (χ1v) is 4.39. The Bertz CT molecular complexity index is 272. The molecule has 2 N–H and O–H groups in total. The third-order valence-electron chi connectivity index (χ3n) is 1.39. The molecule has 1 aromatic heterocycles. The standard InChI is InChI=1S/C7H10N2O2S/c1-5-6(4-12-9-5)7(11)8-2-3-10/h4,10H,2-3H2,1H3,(H,8,11). The third-order valence-corrected chi connectivity index (χ3v) is 2.11. The van der Waals surface area contributed by atoms with Gasteiger partial charge in [0, 0.05) is 11.9 Å². The van der Waals surface area contributed by atoms with Crippen LogP contribution < -0.4 is 5.32 Å². The van der Waals surface area contributed by atoms with Gasteiger partial charge in [0.15, 0.2) is 0 Å². The molecule has 12 heavy (non-hydrogen) atoms. The van der Waals surface area contributed by atoms with Crippen molar-refractivity contribution in [2.75, 3.05) is 13.2 Å². The van der Waals surface area contributed by atoms with Gasteiger partial charge >= 0.3 is 0 Å². The number of aliphatic hydroxyl groups excluding tert-OH is 1. The van der Waals surface area contributed by atoms with Gasteiger partial charge in [0.25, 0.3) is 5.91 Å². The normalized spacial score (nSPS) is 9.83. The number of aliphatic hydroxyl groups is 1. The second kappa shape index (κ2) is 4.18. The first-order chi connectivity index (χ1) is 5.75. The molecule has 0 fully saturated rings. The summed E-state index contributed by atoms with van der Waals surface area (Å²) in [6.07, 6.45) is 0. The SMILES string of the molecule is Cc1nscc1C(=O)NCCO. The van der Waals surface area contributed by atoms with Crippen LogP contribution in [0.4, 0.5) is 0 Å². The molecule has 0 aromatic carbocycles. The Kier molecular flexibility index (Phi) is 3.19. The van der Waals surface area contributed by atoms with E-state index in [-0.39, 0.29) is 19.1 Å². The lowest BCUT2D eigenvalue weighted by Gasteiger charge is -2.00. The molecule has 0 saturated heterocycles.